The van der Waals surface area contributed by atoms with Gasteiger partial charge in [-0.2, -0.15) is 5.10 Å². The minimum Gasteiger partial charge on any atom is -0.307 e. The van der Waals surface area contributed by atoms with Crippen molar-refractivity contribution in [3.63, 3.8) is 0 Å². The Morgan fingerprint density at radius 2 is 2.08 bits per heavy atom. The summed E-state index contributed by atoms with van der Waals surface area (Å²) in [5.74, 6) is 0.606. The van der Waals surface area contributed by atoms with E-state index in [9.17, 15) is 4.79 Å². The van der Waals surface area contributed by atoms with Gasteiger partial charge in [-0.25, -0.2) is 4.98 Å². The fourth-order valence-corrected chi connectivity index (χ4v) is 3.58. The fraction of sp³-hybridized carbons (Fsp3) is 0.389. The Morgan fingerprint density at radius 3 is 2.83 bits per heavy atom. The highest BCUT2D eigenvalue weighted by molar-refractivity contribution is 5.92. The Kier molecular flexibility index (Phi) is 3.80. The third kappa shape index (κ3) is 2.79. The number of hydrogen-bond acceptors (Lipinski definition) is 3. The van der Waals surface area contributed by atoms with Crippen molar-refractivity contribution in [3.8, 4) is 0 Å². The lowest BCUT2D eigenvalue weighted by molar-refractivity contribution is -0.115. The van der Waals surface area contributed by atoms with E-state index in [1.165, 1.54) is 12.8 Å². The Bertz CT molecular complexity index is 873. The lowest BCUT2D eigenvalue weighted by Crippen LogP contribution is -2.19. The Balaban J connectivity index is 1.63. The van der Waals surface area contributed by atoms with E-state index in [0.717, 1.165) is 29.4 Å². The van der Waals surface area contributed by atoms with Gasteiger partial charge in [0.1, 0.15) is 0 Å². The van der Waals surface area contributed by atoms with Crippen molar-refractivity contribution in [1.82, 2.24) is 19.3 Å². The molecule has 3 aromatic rings. The summed E-state index contributed by atoms with van der Waals surface area (Å²) in [4.78, 5) is 17.1. The molecule has 0 bridgehead atoms. The molecule has 1 amide bonds. The number of carbonyl (C=O) groups excluding carboxylic acids is 1. The maximum Gasteiger partial charge on any atom is 0.231 e. The SMILES string of the molecule is Cn1cc(CC(=O)Nc2nc3ccccc3n2C2CCCC2)cn1. The number of nitrogens with zero attached hydrogens (tertiary/aromatic N) is 4. The molecule has 1 aromatic carbocycles. The molecule has 6 heteroatoms. The van der Waals surface area contributed by atoms with Crippen LogP contribution in [0.4, 0.5) is 5.95 Å². The quantitative estimate of drug-likeness (QED) is 0.802. The number of aryl methyl sites for hydroxylation is 1. The topological polar surface area (TPSA) is 64.7 Å². The van der Waals surface area contributed by atoms with Crippen LogP contribution in [-0.4, -0.2) is 25.2 Å². The highest BCUT2D eigenvalue weighted by Crippen LogP contribution is 2.35. The van der Waals surface area contributed by atoms with Gasteiger partial charge in [-0.1, -0.05) is 25.0 Å². The Hall–Kier alpha value is -2.63. The van der Waals surface area contributed by atoms with E-state index < -0.39 is 0 Å². The second-order valence-corrected chi connectivity index (χ2v) is 6.48. The third-order valence-electron chi connectivity index (χ3n) is 4.66. The molecule has 2 aromatic heterocycles. The van der Waals surface area contributed by atoms with E-state index in [-0.39, 0.29) is 5.91 Å². The number of hydrogen-bond donors (Lipinski definition) is 1. The van der Waals surface area contributed by atoms with Crippen molar-refractivity contribution in [1.29, 1.82) is 0 Å². The lowest BCUT2D eigenvalue weighted by Gasteiger charge is -2.16. The molecule has 1 saturated carbocycles. The van der Waals surface area contributed by atoms with Crippen molar-refractivity contribution in [3.05, 3.63) is 42.2 Å². The number of rotatable bonds is 4. The van der Waals surface area contributed by atoms with Gasteiger partial charge in [0.15, 0.2) is 0 Å². The Labute approximate surface area is 140 Å². The number of nitrogens with one attached hydrogen (secondary N) is 1. The molecule has 6 nitrogen and oxygen atoms in total. The van der Waals surface area contributed by atoms with Crippen LogP contribution < -0.4 is 5.32 Å². The van der Waals surface area contributed by atoms with Crippen LogP contribution in [0, 0.1) is 0 Å². The van der Waals surface area contributed by atoms with Gasteiger partial charge in [-0.15, -0.1) is 0 Å². The first-order valence-electron chi connectivity index (χ1n) is 8.45. The van der Waals surface area contributed by atoms with E-state index in [1.54, 1.807) is 10.9 Å². The number of para-hydroxylation sites is 2. The van der Waals surface area contributed by atoms with Crippen molar-refractivity contribution in [2.45, 2.75) is 38.1 Å². The summed E-state index contributed by atoms with van der Waals surface area (Å²) in [6, 6.07) is 8.51. The fourth-order valence-electron chi connectivity index (χ4n) is 3.58. The van der Waals surface area contributed by atoms with E-state index in [2.05, 4.69) is 26.0 Å². The van der Waals surface area contributed by atoms with Gasteiger partial charge in [0.05, 0.1) is 23.7 Å². The molecule has 0 saturated heterocycles. The van der Waals surface area contributed by atoms with E-state index in [0.29, 0.717) is 18.4 Å². The zero-order valence-corrected chi connectivity index (χ0v) is 13.8. The zero-order valence-electron chi connectivity index (χ0n) is 13.8. The van der Waals surface area contributed by atoms with E-state index in [1.807, 2.05) is 31.4 Å². The highest BCUT2D eigenvalue weighted by Gasteiger charge is 2.23. The van der Waals surface area contributed by atoms with Gasteiger partial charge < -0.3 is 4.57 Å². The largest absolute Gasteiger partial charge is 0.307 e. The summed E-state index contributed by atoms with van der Waals surface area (Å²) < 4.78 is 3.92. The predicted octanol–water partition coefficient (Wildman–Crippen LogP) is 3.07. The van der Waals surface area contributed by atoms with Gasteiger partial charge >= 0.3 is 0 Å². The van der Waals surface area contributed by atoms with Gasteiger partial charge in [-0.3, -0.25) is 14.8 Å². The van der Waals surface area contributed by atoms with Crippen LogP contribution in [0.5, 0.6) is 0 Å². The molecule has 1 fully saturated rings. The summed E-state index contributed by atoms with van der Waals surface area (Å²) in [5.41, 5.74) is 2.93. The van der Waals surface area contributed by atoms with Crippen molar-refractivity contribution in [2.24, 2.45) is 7.05 Å². The molecule has 1 N–H and O–H groups in total. The molecule has 1 aliphatic carbocycles. The van der Waals surface area contributed by atoms with E-state index >= 15 is 0 Å². The number of carbonyl (C=O) groups is 1. The number of amides is 1. The monoisotopic (exact) mass is 323 g/mol. The minimum absolute atomic E-state index is 0.0578. The minimum atomic E-state index is -0.0578. The second-order valence-electron chi connectivity index (χ2n) is 6.48. The van der Waals surface area contributed by atoms with Crippen LogP contribution in [0.3, 0.4) is 0 Å². The van der Waals surface area contributed by atoms with Crippen molar-refractivity contribution < 1.29 is 4.79 Å². The average Bonchev–Trinajstić information content (AvgIpc) is 3.26. The van der Waals surface area contributed by atoms with Crippen LogP contribution in [0.2, 0.25) is 0 Å². The van der Waals surface area contributed by atoms with Crippen LogP contribution in [0.25, 0.3) is 11.0 Å². The first-order chi connectivity index (χ1) is 11.7. The maximum absolute atomic E-state index is 12.4. The maximum atomic E-state index is 12.4. The second kappa shape index (κ2) is 6.11. The van der Waals surface area contributed by atoms with Crippen LogP contribution in [0.15, 0.2) is 36.7 Å². The summed E-state index contributed by atoms with van der Waals surface area (Å²) in [6.45, 7) is 0. The van der Waals surface area contributed by atoms with Gasteiger partial charge in [0.2, 0.25) is 11.9 Å². The normalized spacial score (nSPS) is 15.2. The number of aromatic nitrogens is 4. The summed E-state index contributed by atoms with van der Waals surface area (Å²) in [7, 11) is 1.85. The molecular weight excluding hydrogens is 302 g/mol. The first kappa shape index (κ1) is 14.9. The van der Waals surface area contributed by atoms with Crippen molar-refractivity contribution >= 4 is 22.9 Å². The molecule has 4 rings (SSSR count). The number of imidazole rings is 1. The predicted molar refractivity (Wildman–Crippen MR) is 92.8 cm³/mol. The van der Waals surface area contributed by atoms with Gasteiger partial charge in [0, 0.05) is 19.3 Å². The summed E-state index contributed by atoms with van der Waals surface area (Å²) in [5, 5.41) is 7.12. The molecule has 0 spiro atoms. The number of benzene rings is 1. The molecule has 2 heterocycles. The van der Waals surface area contributed by atoms with Crippen LogP contribution in [-0.2, 0) is 18.3 Å². The number of anilines is 1. The Morgan fingerprint density at radius 1 is 1.29 bits per heavy atom. The van der Waals surface area contributed by atoms with Crippen LogP contribution >= 0.6 is 0 Å². The van der Waals surface area contributed by atoms with Gasteiger partial charge in [0.25, 0.3) is 0 Å². The third-order valence-corrected chi connectivity index (χ3v) is 4.66. The molecule has 0 aliphatic heterocycles. The number of fused-ring (bicyclic) bond motifs is 1. The first-order valence-corrected chi connectivity index (χ1v) is 8.45. The summed E-state index contributed by atoms with van der Waals surface area (Å²) >= 11 is 0. The standard InChI is InChI=1S/C18H21N5O/c1-22-12-13(11-19-22)10-17(24)21-18-20-15-8-4-5-9-16(15)23(18)14-6-2-3-7-14/h4-5,8-9,11-12,14H,2-3,6-7,10H2,1H3,(H,20,21,24). The summed E-state index contributed by atoms with van der Waals surface area (Å²) in [6.07, 6.45) is 8.65. The molecule has 0 unspecified atom stereocenters. The zero-order chi connectivity index (χ0) is 16.5. The van der Waals surface area contributed by atoms with E-state index in [4.69, 9.17) is 0 Å². The highest BCUT2D eigenvalue weighted by atomic mass is 16.1. The molecule has 0 radical (unpaired) electrons. The molecule has 1 aliphatic rings. The molecule has 0 atom stereocenters. The lowest BCUT2D eigenvalue weighted by atomic mass is 10.2. The van der Waals surface area contributed by atoms with Crippen molar-refractivity contribution in [2.75, 3.05) is 5.32 Å². The van der Waals surface area contributed by atoms with Crippen LogP contribution in [0.1, 0.15) is 37.3 Å². The average molecular weight is 323 g/mol. The molecular formula is C18H21N5O. The molecule has 124 valence electrons. The smallest absolute Gasteiger partial charge is 0.231 e. The molecule has 24 heavy (non-hydrogen) atoms. The van der Waals surface area contributed by atoms with Gasteiger partial charge in [-0.05, 0) is 30.5 Å².